The monoisotopic (exact) mass is 461 g/mol. The van der Waals surface area contributed by atoms with Crippen molar-refractivity contribution in [2.75, 3.05) is 0 Å². The fourth-order valence-corrected chi connectivity index (χ4v) is 4.94. The third kappa shape index (κ3) is 5.86. The zero-order valence-corrected chi connectivity index (χ0v) is 18.1. The minimum absolute atomic E-state index is 0.101. The third-order valence-corrected chi connectivity index (χ3v) is 6.41. The largest absolute Gasteiger partial charge is 0.573 e. The normalized spacial score (nSPS) is 22.5. The Morgan fingerprint density at radius 1 is 0.939 bits per heavy atom. The second kappa shape index (κ2) is 9.85. The van der Waals surface area contributed by atoms with Gasteiger partial charge in [0.1, 0.15) is 18.1 Å². The van der Waals surface area contributed by atoms with E-state index in [0.29, 0.717) is 12.8 Å². The third-order valence-electron chi connectivity index (χ3n) is 6.41. The van der Waals surface area contributed by atoms with Gasteiger partial charge in [0.2, 0.25) is 0 Å². The van der Waals surface area contributed by atoms with E-state index in [-0.39, 0.29) is 54.2 Å². The Morgan fingerprint density at radius 2 is 1.58 bits per heavy atom. The van der Waals surface area contributed by atoms with E-state index in [1.165, 1.54) is 18.2 Å². The molecule has 2 saturated heterocycles. The van der Waals surface area contributed by atoms with Crippen LogP contribution >= 0.6 is 0 Å². The summed E-state index contributed by atoms with van der Waals surface area (Å²) in [6.07, 6.45) is -1.78. The number of hydrogen-bond donors (Lipinski definition) is 0. The van der Waals surface area contributed by atoms with Gasteiger partial charge in [0, 0.05) is 30.0 Å². The number of fused-ring (bicyclic) bond motifs is 2. The average molecular weight is 461 g/mol. The lowest BCUT2D eigenvalue weighted by Gasteiger charge is -2.47. The van der Waals surface area contributed by atoms with E-state index in [0.717, 1.165) is 24.8 Å². The fraction of sp³-hybridized carbons (Fsp3) is 0.440. The number of hydrogen-bond acceptors (Lipinski definition) is 4. The summed E-state index contributed by atoms with van der Waals surface area (Å²) in [5.74, 6) is -0.777. The molecule has 2 aromatic rings. The van der Waals surface area contributed by atoms with E-state index < -0.39 is 6.36 Å². The molecule has 0 aromatic heterocycles. The van der Waals surface area contributed by atoms with Gasteiger partial charge in [0.25, 0.3) is 0 Å². The van der Waals surface area contributed by atoms with Crippen molar-refractivity contribution < 1.29 is 32.2 Å². The van der Waals surface area contributed by atoms with Gasteiger partial charge in [-0.2, -0.15) is 0 Å². The molecule has 8 heteroatoms. The Bertz CT molecular complexity index is 965. The maximum absolute atomic E-state index is 13.0. The molecule has 2 aliphatic rings. The maximum Gasteiger partial charge on any atom is 0.573 e. The number of piperidine rings is 2. The van der Waals surface area contributed by atoms with Crippen LogP contribution in [0.5, 0.6) is 5.75 Å². The predicted octanol–water partition coefficient (Wildman–Crippen LogP) is 5.67. The summed E-state index contributed by atoms with van der Waals surface area (Å²) in [5.41, 5.74) is 1.12. The Labute approximate surface area is 190 Å². The number of alkyl halides is 3. The van der Waals surface area contributed by atoms with Crippen molar-refractivity contribution in [3.05, 3.63) is 65.7 Å². The highest BCUT2D eigenvalue weighted by Crippen LogP contribution is 2.39. The zero-order chi connectivity index (χ0) is 23.4. The van der Waals surface area contributed by atoms with Gasteiger partial charge >= 0.3 is 12.5 Å². The number of benzene rings is 2. The molecule has 0 N–H and O–H groups in total. The first-order chi connectivity index (χ1) is 15.8. The van der Waals surface area contributed by atoms with Crippen molar-refractivity contribution in [2.24, 2.45) is 5.92 Å². The number of amides is 1. The Hall–Kier alpha value is -3.03. The van der Waals surface area contributed by atoms with Gasteiger partial charge in [-0.3, -0.25) is 4.79 Å². The standard InChI is InChI=1S/C25H26F3NO4/c26-25(27,28)33-23-12-5-4-9-18(23)15-22(30)19-13-20-10-6-11-21(14-19)29(20)24(31)32-16-17-7-2-1-3-8-17/h1-5,7-9,12,19-21H,6,10-11,13-16H2. The van der Waals surface area contributed by atoms with Crippen molar-refractivity contribution in [1.29, 1.82) is 0 Å². The van der Waals surface area contributed by atoms with Crippen molar-refractivity contribution in [3.63, 3.8) is 0 Å². The van der Waals surface area contributed by atoms with Crippen LogP contribution in [0.25, 0.3) is 0 Å². The summed E-state index contributed by atoms with van der Waals surface area (Å²) in [6, 6.07) is 15.0. The number of rotatable bonds is 6. The van der Waals surface area contributed by atoms with E-state index in [9.17, 15) is 22.8 Å². The molecule has 0 saturated carbocycles. The molecule has 1 amide bonds. The number of carbonyl (C=O) groups is 2. The first-order valence-corrected chi connectivity index (χ1v) is 11.2. The van der Waals surface area contributed by atoms with Gasteiger partial charge in [0.15, 0.2) is 0 Å². The number of halogens is 3. The van der Waals surface area contributed by atoms with E-state index in [4.69, 9.17) is 4.74 Å². The minimum Gasteiger partial charge on any atom is -0.445 e. The summed E-state index contributed by atoms with van der Waals surface area (Å²) < 4.78 is 47.7. The first kappa shape index (κ1) is 23.1. The van der Waals surface area contributed by atoms with Gasteiger partial charge < -0.3 is 14.4 Å². The highest BCUT2D eigenvalue weighted by molar-refractivity contribution is 5.84. The molecule has 0 radical (unpaired) electrons. The van der Waals surface area contributed by atoms with E-state index in [1.54, 1.807) is 11.0 Å². The molecule has 2 heterocycles. The fourth-order valence-electron chi connectivity index (χ4n) is 4.94. The number of para-hydroxylation sites is 1. The molecule has 2 unspecified atom stereocenters. The van der Waals surface area contributed by atoms with Crippen LogP contribution in [0.3, 0.4) is 0 Å². The highest BCUT2D eigenvalue weighted by Gasteiger charge is 2.43. The highest BCUT2D eigenvalue weighted by atomic mass is 19.4. The molecule has 33 heavy (non-hydrogen) atoms. The molecule has 2 aromatic carbocycles. The van der Waals surface area contributed by atoms with Gasteiger partial charge in [-0.05, 0) is 43.7 Å². The Balaban J connectivity index is 1.39. The Morgan fingerprint density at radius 3 is 2.24 bits per heavy atom. The number of Topliss-reactive ketones (excluding diaryl/α,β-unsaturated/α-hetero) is 1. The molecule has 2 fully saturated rings. The lowest BCUT2D eigenvalue weighted by Crippen LogP contribution is -2.55. The second-order valence-corrected chi connectivity index (χ2v) is 8.65. The van der Waals surface area contributed by atoms with E-state index in [1.807, 2.05) is 30.3 Å². The van der Waals surface area contributed by atoms with Crippen LogP contribution < -0.4 is 4.74 Å². The lowest BCUT2D eigenvalue weighted by molar-refractivity contribution is -0.274. The van der Waals surface area contributed by atoms with Crippen LogP contribution in [-0.4, -0.2) is 35.2 Å². The van der Waals surface area contributed by atoms with Crippen molar-refractivity contribution >= 4 is 11.9 Å². The van der Waals surface area contributed by atoms with Crippen LogP contribution in [0.2, 0.25) is 0 Å². The van der Waals surface area contributed by atoms with Crippen LogP contribution in [0.4, 0.5) is 18.0 Å². The summed E-state index contributed by atoms with van der Waals surface area (Å²) in [5, 5.41) is 0. The molecule has 0 spiro atoms. The smallest absolute Gasteiger partial charge is 0.445 e. The molecule has 2 aliphatic heterocycles. The molecule has 0 aliphatic carbocycles. The molecule has 4 rings (SSSR count). The van der Waals surface area contributed by atoms with Crippen molar-refractivity contribution in [2.45, 2.75) is 63.6 Å². The van der Waals surface area contributed by atoms with Crippen LogP contribution in [-0.2, 0) is 22.6 Å². The summed E-state index contributed by atoms with van der Waals surface area (Å²) in [6.45, 7) is 0.188. The number of nitrogens with zero attached hydrogens (tertiary/aromatic N) is 1. The summed E-state index contributed by atoms with van der Waals surface area (Å²) in [4.78, 5) is 27.6. The molecule has 5 nitrogen and oxygen atoms in total. The minimum atomic E-state index is -4.82. The molecular weight excluding hydrogens is 435 g/mol. The quantitative estimate of drug-likeness (QED) is 0.557. The number of ketones is 1. The summed E-state index contributed by atoms with van der Waals surface area (Å²) >= 11 is 0. The number of carbonyl (C=O) groups excluding carboxylic acids is 2. The molecule has 176 valence electrons. The maximum atomic E-state index is 13.0. The molecule has 2 atom stereocenters. The van der Waals surface area contributed by atoms with Crippen molar-refractivity contribution in [3.8, 4) is 5.75 Å². The van der Waals surface area contributed by atoms with Gasteiger partial charge in [-0.1, -0.05) is 48.5 Å². The van der Waals surface area contributed by atoms with Gasteiger partial charge in [-0.15, -0.1) is 13.2 Å². The summed E-state index contributed by atoms with van der Waals surface area (Å²) in [7, 11) is 0. The van der Waals surface area contributed by atoms with E-state index >= 15 is 0 Å². The van der Waals surface area contributed by atoms with Gasteiger partial charge in [-0.25, -0.2) is 4.79 Å². The average Bonchev–Trinajstić information content (AvgIpc) is 2.77. The lowest BCUT2D eigenvalue weighted by atomic mass is 9.76. The van der Waals surface area contributed by atoms with Gasteiger partial charge in [0.05, 0.1) is 0 Å². The second-order valence-electron chi connectivity index (χ2n) is 8.65. The zero-order valence-electron chi connectivity index (χ0n) is 18.1. The van der Waals surface area contributed by atoms with Crippen LogP contribution in [0.1, 0.15) is 43.2 Å². The first-order valence-electron chi connectivity index (χ1n) is 11.2. The molecular formula is C25H26F3NO4. The topological polar surface area (TPSA) is 55.8 Å². The van der Waals surface area contributed by atoms with E-state index in [2.05, 4.69) is 4.74 Å². The SMILES string of the molecule is O=C(Cc1ccccc1OC(F)(F)F)C1CC2CCCC(C1)N2C(=O)OCc1ccccc1. The van der Waals surface area contributed by atoms with Crippen LogP contribution in [0, 0.1) is 5.92 Å². The number of ether oxygens (including phenoxy) is 2. The van der Waals surface area contributed by atoms with Crippen LogP contribution in [0.15, 0.2) is 54.6 Å². The Kier molecular flexibility index (Phi) is 6.91. The van der Waals surface area contributed by atoms with Crippen molar-refractivity contribution in [1.82, 2.24) is 4.90 Å². The predicted molar refractivity (Wildman–Crippen MR) is 114 cm³/mol. The molecule has 2 bridgehead atoms.